The number of rotatable bonds is 6. The molecule has 4 aromatic heterocycles. The van der Waals surface area contributed by atoms with Crippen molar-refractivity contribution in [1.29, 1.82) is 0 Å². The van der Waals surface area contributed by atoms with Crippen LogP contribution in [0.15, 0.2) is 90.1 Å². The van der Waals surface area contributed by atoms with Crippen molar-refractivity contribution in [3.05, 3.63) is 117 Å². The van der Waals surface area contributed by atoms with Crippen molar-refractivity contribution in [2.75, 3.05) is 6.54 Å². The Morgan fingerprint density at radius 2 is 1.86 bits per heavy atom. The monoisotopic (exact) mass is 495 g/mol. The molecule has 1 amide bonds. The van der Waals surface area contributed by atoms with Crippen molar-refractivity contribution in [3.63, 3.8) is 0 Å². The van der Waals surface area contributed by atoms with Gasteiger partial charge in [-0.1, -0.05) is 23.7 Å². The Bertz CT molecular complexity index is 1800. The summed E-state index contributed by atoms with van der Waals surface area (Å²) >= 11 is 6.13. The minimum Gasteiger partial charge on any atom is -0.361 e. The number of nitrogens with one attached hydrogen (secondary N) is 2. The molecule has 0 saturated carbocycles. The standard InChI is InChI=1S/C28H22ClN5O2/c29-21-9-10-23-22(15-21)20(16-32-23)11-13-31-27(35)19-7-5-18(6-8-19)17-34-26-24(3-1-12-30-26)33-14-2-4-25(33)28(34)36/h1-10,12,14-16,32H,11,13,17H2,(H,31,35). The van der Waals surface area contributed by atoms with Gasteiger partial charge in [-0.2, -0.15) is 0 Å². The first kappa shape index (κ1) is 22.1. The van der Waals surface area contributed by atoms with Gasteiger partial charge in [-0.05, 0) is 72.1 Å². The number of carbonyl (C=O) groups is 1. The Kier molecular flexibility index (Phi) is 5.54. The third-order valence-corrected chi connectivity index (χ3v) is 6.70. The maximum absolute atomic E-state index is 13.1. The van der Waals surface area contributed by atoms with E-state index in [1.165, 1.54) is 0 Å². The van der Waals surface area contributed by atoms with Gasteiger partial charge >= 0.3 is 0 Å². The Morgan fingerprint density at radius 3 is 2.72 bits per heavy atom. The van der Waals surface area contributed by atoms with Crippen molar-refractivity contribution in [2.24, 2.45) is 0 Å². The summed E-state index contributed by atoms with van der Waals surface area (Å²) < 4.78 is 3.53. The van der Waals surface area contributed by atoms with E-state index in [0.717, 1.165) is 27.5 Å². The molecule has 2 aromatic carbocycles. The summed E-state index contributed by atoms with van der Waals surface area (Å²) in [5, 5.41) is 4.74. The van der Waals surface area contributed by atoms with E-state index < -0.39 is 0 Å². The molecule has 4 heterocycles. The molecule has 8 heteroatoms. The molecule has 2 N–H and O–H groups in total. The van der Waals surface area contributed by atoms with E-state index >= 15 is 0 Å². The number of nitrogens with zero attached hydrogens (tertiary/aromatic N) is 3. The molecule has 6 aromatic rings. The van der Waals surface area contributed by atoms with Crippen LogP contribution in [0, 0.1) is 0 Å². The molecule has 0 bridgehead atoms. The van der Waals surface area contributed by atoms with Crippen LogP contribution in [0.25, 0.3) is 27.6 Å². The van der Waals surface area contributed by atoms with Gasteiger partial charge in [-0.25, -0.2) is 4.98 Å². The van der Waals surface area contributed by atoms with Crippen LogP contribution in [-0.4, -0.2) is 31.4 Å². The minimum absolute atomic E-state index is 0.105. The van der Waals surface area contributed by atoms with Crippen molar-refractivity contribution in [1.82, 2.24) is 24.3 Å². The van der Waals surface area contributed by atoms with Gasteiger partial charge in [-0.15, -0.1) is 0 Å². The molecule has 0 radical (unpaired) electrons. The first-order valence-corrected chi connectivity index (χ1v) is 12.0. The lowest BCUT2D eigenvalue weighted by Crippen LogP contribution is -2.26. The Hall–Kier alpha value is -4.36. The SMILES string of the molecule is O=C(NCCc1c[nH]c2ccc(Cl)cc12)c1ccc(Cn2c(=O)c3cccn3c3cccnc32)cc1. The largest absolute Gasteiger partial charge is 0.361 e. The van der Waals surface area contributed by atoms with Gasteiger partial charge in [-0.3, -0.25) is 14.2 Å². The molecule has 0 saturated heterocycles. The molecule has 0 atom stereocenters. The maximum atomic E-state index is 13.1. The lowest BCUT2D eigenvalue weighted by Gasteiger charge is -2.12. The number of amides is 1. The Balaban J connectivity index is 1.17. The second kappa shape index (κ2) is 9.02. The van der Waals surface area contributed by atoms with Crippen molar-refractivity contribution >= 4 is 45.1 Å². The minimum atomic E-state index is -0.140. The molecule has 0 unspecified atom stereocenters. The summed E-state index contributed by atoms with van der Waals surface area (Å²) in [5.41, 5.74) is 5.59. The number of aromatic amines is 1. The number of halogens is 1. The average Bonchev–Trinajstić information content (AvgIpc) is 3.55. The fourth-order valence-corrected chi connectivity index (χ4v) is 4.82. The van der Waals surface area contributed by atoms with Crippen LogP contribution >= 0.6 is 11.6 Å². The summed E-state index contributed by atoms with van der Waals surface area (Å²) in [5.74, 6) is -0.140. The molecule has 0 aliphatic heterocycles. The molecule has 6 rings (SSSR count). The Morgan fingerprint density at radius 1 is 1.03 bits per heavy atom. The second-order valence-electron chi connectivity index (χ2n) is 8.71. The number of aromatic nitrogens is 4. The average molecular weight is 496 g/mol. The van der Waals surface area contributed by atoms with E-state index in [9.17, 15) is 9.59 Å². The predicted molar refractivity (Wildman–Crippen MR) is 142 cm³/mol. The van der Waals surface area contributed by atoms with Crippen LogP contribution in [0.2, 0.25) is 5.02 Å². The van der Waals surface area contributed by atoms with E-state index in [1.807, 2.05) is 71.4 Å². The number of carbonyl (C=O) groups excluding carboxylic acids is 1. The highest BCUT2D eigenvalue weighted by Crippen LogP contribution is 2.22. The molecular weight excluding hydrogens is 474 g/mol. The summed E-state index contributed by atoms with van der Waals surface area (Å²) in [6.45, 7) is 0.865. The lowest BCUT2D eigenvalue weighted by molar-refractivity contribution is 0.0954. The van der Waals surface area contributed by atoms with E-state index in [0.29, 0.717) is 41.3 Å². The van der Waals surface area contributed by atoms with Gasteiger partial charge in [0.2, 0.25) is 0 Å². The van der Waals surface area contributed by atoms with E-state index in [1.54, 1.807) is 22.9 Å². The molecule has 0 aliphatic rings. The van der Waals surface area contributed by atoms with E-state index in [-0.39, 0.29) is 11.5 Å². The highest BCUT2D eigenvalue weighted by atomic mass is 35.5. The van der Waals surface area contributed by atoms with Crippen molar-refractivity contribution < 1.29 is 4.79 Å². The van der Waals surface area contributed by atoms with Crippen LogP contribution in [0.4, 0.5) is 0 Å². The number of hydrogen-bond donors (Lipinski definition) is 2. The van der Waals surface area contributed by atoms with Crippen LogP contribution in [0.5, 0.6) is 0 Å². The highest BCUT2D eigenvalue weighted by Gasteiger charge is 2.12. The van der Waals surface area contributed by atoms with Crippen LogP contribution in [0.3, 0.4) is 0 Å². The molecule has 7 nitrogen and oxygen atoms in total. The smallest absolute Gasteiger partial charge is 0.276 e. The number of pyridine rings is 1. The summed E-state index contributed by atoms with van der Waals surface area (Å²) in [6, 6.07) is 20.5. The van der Waals surface area contributed by atoms with Gasteiger partial charge < -0.3 is 14.7 Å². The van der Waals surface area contributed by atoms with E-state index in [2.05, 4.69) is 15.3 Å². The van der Waals surface area contributed by atoms with Crippen LogP contribution < -0.4 is 10.9 Å². The van der Waals surface area contributed by atoms with Gasteiger partial charge in [0.05, 0.1) is 12.1 Å². The third-order valence-electron chi connectivity index (χ3n) is 6.46. The zero-order valence-electron chi connectivity index (χ0n) is 19.2. The first-order valence-electron chi connectivity index (χ1n) is 11.7. The normalized spacial score (nSPS) is 11.5. The fraction of sp³-hybridized carbons (Fsp3) is 0.107. The molecular formula is C28H22ClN5O2. The van der Waals surface area contributed by atoms with Gasteiger partial charge in [0.25, 0.3) is 11.5 Å². The fourth-order valence-electron chi connectivity index (χ4n) is 4.65. The molecule has 36 heavy (non-hydrogen) atoms. The molecule has 178 valence electrons. The third kappa shape index (κ3) is 3.93. The van der Waals surface area contributed by atoms with Gasteiger partial charge in [0.1, 0.15) is 5.52 Å². The first-order chi connectivity index (χ1) is 17.6. The van der Waals surface area contributed by atoms with E-state index in [4.69, 9.17) is 11.6 Å². The van der Waals surface area contributed by atoms with Crippen LogP contribution in [-0.2, 0) is 13.0 Å². The summed E-state index contributed by atoms with van der Waals surface area (Å²) in [6.07, 6.45) is 6.20. The lowest BCUT2D eigenvalue weighted by atomic mass is 10.1. The summed E-state index contributed by atoms with van der Waals surface area (Å²) in [4.78, 5) is 33.5. The molecule has 0 spiro atoms. The predicted octanol–water partition coefficient (Wildman–Crippen LogP) is 4.80. The maximum Gasteiger partial charge on any atom is 0.276 e. The Labute approximate surface area is 211 Å². The van der Waals surface area contributed by atoms with Crippen LogP contribution in [0.1, 0.15) is 21.5 Å². The number of fused-ring (bicyclic) bond motifs is 4. The van der Waals surface area contributed by atoms with Crippen molar-refractivity contribution in [2.45, 2.75) is 13.0 Å². The topological polar surface area (TPSA) is 84.2 Å². The highest BCUT2D eigenvalue weighted by molar-refractivity contribution is 6.31. The van der Waals surface area contributed by atoms with Gasteiger partial charge in [0.15, 0.2) is 5.65 Å². The number of benzene rings is 2. The van der Waals surface area contributed by atoms with Gasteiger partial charge in [0, 0.05) is 46.6 Å². The molecule has 0 fully saturated rings. The zero-order chi connectivity index (χ0) is 24.6. The quantitative estimate of drug-likeness (QED) is 0.348. The number of H-pyrrole nitrogens is 1. The second-order valence-corrected chi connectivity index (χ2v) is 9.14. The van der Waals surface area contributed by atoms with Crippen molar-refractivity contribution in [3.8, 4) is 0 Å². The number of hydrogen-bond acceptors (Lipinski definition) is 3. The zero-order valence-corrected chi connectivity index (χ0v) is 20.0. The summed E-state index contributed by atoms with van der Waals surface area (Å²) in [7, 11) is 0. The molecule has 0 aliphatic carbocycles.